The molecule has 1 aliphatic heterocycles. The molecule has 1 aliphatic rings. The maximum atomic E-state index is 14.2. The summed E-state index contributed by atoms with van der Waals surface area (Å²) in [6.07, 6.45) is 2.68. The number of benzene rings is 1. The van der Waals surface area contributed by atoms with E-state index < -0.39 is 21.7 Å². The number of hydrogen-bond donors (Lipinski definition) is 1. The number of aryl methyl sites for hydroxylation is 1. The third-order valence-electron chi connectivity index (χ3n) is 4.97. The zero-order valence-electron chi connectivity index (χ0n) is 16.8. The number of piperidine rings is 1. The molecular weight excluding hydrogens is 443 g/mol. The van der Waals surface area contributed by atoms with Crippen LogP contribution in [0, 0.1) is 12.7 Å². The van der Waals surface area contributed by atoms with Crippen LogP contribution in [0.4, 0.5) is 10.1 Å². The quantitative estimate of drug-likeness (QED) is 0.600. The number of sulfonamides is 1. The second-order valence-electron chi connectivity index (χ2n) is 7.21. The van der Waals surface area contributed by atoms with Gasteiger partial charge in [0.05, 0.1) is 17.8 Å². The number of halogens is 1. The van der Waals surface area contributed by atoms with Gasteiger partial charge in [0.2, 0.25) is 5.91 Å². The minimum absolute atomic E-state index is 0.00452. The summed E-state index contributed by atoms with van der Waals surface area (Å²) in [6.45, 7) is 2.74. The molecule has 3 heterocycles. The van der Waals surface area contributed by atoms with Gasteiger partial charge < -0.3 is 5.32 Å². The number of aromatic nitrogens is 4. The summed E-state index contributed by atoms with van der Waals surface area (Å²) < 4.78 is 42.9. The number of carbonyl (C=O) groups excluding carboxylic acids is 1. The fourth-order valence-electron chi connectivity index (χ4n) is 3.39. The molecule has 12 heteroatoms. The van der Waals surface area contributed by atoms with Crippen molar-refractivity contribution < 1.29 is 17.6 Å². The minimum atomic E-state index is -3.54. The van der Waals surface area contributed by atoms with E-state index in [1.165, 1.54) is 33.3 Å². The van der Waals surface area contributed by atoms with Gasteiger partial charge in [0, 0.05) is 18.0 Å². The van der Waals surface area contributed by atoms with Gasteiger partial charge in [-0.1, -0.05) is 6.42 Å². The summed E-state index contributed by atoms with van der Waals surface area (Å²) in [5, 5.41) is 13.7. The fraction of sp³-hybridized carbons (Fsp3) is 0.368. The molecule has 164 valence electrons. The molecule has 0 radical (unpaired) electrons. The molecule has 3 aromatic rings. The summed E-state index contributed by atoms with van der Waals surface area (Å²) in [6, 6.07) is 7.32. The summed E-state index contributed by atoms with van der Waals surface area (Å²) >= 11 is 1.06. The molecule has 4 rings (SSSR count). The van der Waals surface area contributed by atoms with E-state index in [1.807, 2.05) is 0 Å². The predicted molar refractivity (Wildman–Crippen MR) is 113 cm³/mol. The number of amides is 1. The highest BCUT2D eigenvalue weighted by molar-refractivity contribution is 7.91. The first-order valence-corrected chi connectivity index (χ1v) is 12.0. The van der Waals surface area contributed by atoms with Crippen LogP contribution in [0.3, 0.4) is 0 Å². The molecule has 31 heavy (non-hydrogen) atoms. The lowest BCUT2D eigenvalue weighted by Gasteiger charge is -2.25. The third-order valence-corrected chi connectivity index (χ3v) is 8.43. The van der Waals surface area contributed by atoms with Gasteiger partial charge in [0.15, 0.2) is 5.82 Å². The maximum Gasteiger partial charge on any atom is 0.252 e. The number of rotatable bonds is 6. The van der Waals surface area contributed by atoms with E-state index in [2.05, 4.69) is 20.8 Å². The van der Waals surface area contributed by atoms with Crippen molar-refractivity contribution in [3.63, 3.8) is 0 Å². The van der Waals surface area contributed by atoms with E-state index in [9.17, 15) is 17.6 Å². The first-order chi connectivity index (χ1) is 14.8. The molecule has 9 nitrogen and oxygen atoms in total. The van der Waals surface area contributed by atoms with Crippen molar-refractivity contribution in [2.45, 2.75) is 36.8 Å². The monoisotopic (exact) mass is 464 g/mol. The molecule has 1 N–H and O–H groups in total. The number of nitrogens with one attached hydrogen (secondary N) is 1. The Morgan fingerprint density at radius 1 is 1.19 bits per heavy atom. The van der Waals surface area contributed by atoms with Crippen LogP contribution in [-0.2, 0) is 21.2 Å². The van der Waals surface area contributed by atoms with Gasteiger partial charge >= 0.3 is 0 Å². The van der Waals surface area contributed by atoms with Crippen LogP contribution >= 0.6 is 11.3 Å². The first kappa shape index (κ1) is 21.5. The van der Waals surface area contributed by atoms with Crippen LogP contribution in [0.1, 0.15) is 30.0 Å². The summed E-state index contributed by atoms with van der Waals surface area (Å²) in [5.74, 6) is -0.527. The van der Waals surface area contributed by atoms with Gasteiger partial charge in [-0.05, 0) is 60.5 Å². The van der Waals surface area contributed by atoms with Crippen molar-refractivity contribution in [1.82, 2.24) is 24.5 Å². The summed E-state index contributed by atoms with van der Waals surface area (Å²) in [4.78, 5) is 13.1. The number of thiophene rings is 1. The van der Waals surface area contributed by atoms with Gasteiger partial charge in [-0.3, -0.25) is 4.79 Å². The Balaban J connectivity index is 1.46. The van der Waals surface area contributed by atoms with E-state index in [-0.39, 0.29) is 16.3 Å². The Bertz CT molecular complexity index is 1200. The molecule has 0 saturated carbocycles. The highest BCUT2D eigenvalue weighted by Crippen LogP contribution is 2.28. The molecule has 0 aliphatic carbocycles. The fourth-order valence-corrected chi connectivity index (χ4v) is 6.41. The van der Waals surface area contributed by atoms with Crippen molar-refractivity contribution in [3.8, 4) is 5.69 Å². The molecule has 0 atom stereocenters. The smallest absolute Gasteiger partial charge is 0.252 e. The molecule has 2 aromatic heterocycles. The highest BCUT2D eigenvalue weighted by atomic mass is 32.2. The lowest BCUT2D eigenvalue weighted by atomic mass is 10.2. The van der Waals surface area contributed by atoms with Gasteiger partial charge in [-0.25, -0.2) is 12.8 Å². The Labute approximate surface area is 182 Å². The van der Waals surface area contributed by atoms with Gasteiger partial charge in [0.1, 0.15) is 10.0 Å². The van der Waals surface area contributed by atoms with Crippen molar-refractivity contribution in [2.75, 3.05) is 18.4 Å². The van der Waals surface area contributed by atoms with Crippen LogP contribution < -0.4 is 5.32 Å². The molecule has 1 amide bonds. The van der Waals surface area contributed by atoms with Crippen molar-refractivity contribution in [3.05, 3.63) is 46.9 Å². The number of anilines is 1. The molecule has 0 spiro atoms. The SMILES string of the molecule is Cc1nnnn1-c1ccc(F)c(NC(=O)Cc2ccc(S(=O)(=O)N3CCCCC3)s2)c1. The predicted octanol–water partition coefficient (Wildman–Crippen LogP) is 2.53. The average molecular weight is 465 g/mol. The van der Waals surface area contributed by atoms with Crippen LogP contribution in [0.25, 0.3) is 5.69 Å². The van der Waals surface area contributed by atoms with Crippen molar-refractivity contribution in [1.29, 1.82) is 0 Å². The first-order valence-electron chi connectivity index (χ1n) is 9.78. The second kappa shape index (κ2) is 8.81. The van der Waals surface area contributed by atoms with Crippen LogP contribution in [0.5, 0.6) is 0 Å². The van der Waals surface area contributed by atoms with Crippen LogP contribution in [-0.4, -0.2) is 51.9 Å². The Morgan fingerprint density at radius 3 is 2.68 bits per heavy atom. The maximum absolute atomic E-state index is 14.2. The van der Waals surface area contributed by atoms with Gasteiger partial charge in [-0.15, -0.1) is 16.4 Å². The Kier molecular flexibility index (Phi) is 6.12. The summed E-state index contributed by atoms with van der Waals surface area (Å²) in [5.41, 5.74) is 0.500. The van der Waals surface area contributed by atoms with Crippen LogP contribution in [0.2, 0.25) is 0 Å². The van der Waals surface area contributed by atoms with E-state index in [4.69, 9.17) is 0 Å². The molecular formula is C19H21FN6O3S2. The van der Waals surface area contributed by atoms with E-state index in [1.54, 1.807) is 13.0 Å². The number of hydrogen-bond acceptors (Lipinski definition) is 7. The molecule has 0 bridgehead atoms. The zero-order valence-corrected chi connectivity index (χ0v) is 18.4. The summed E-state index contributed by atoms with van der Waals surface area (Å²) in [7, 11) is -3.54. The van der Waals surface area contributed by atoms with E-state index >= 15 is 0 Å². The molecule has 1 saturated heterocycles. The van der Waals surface area contributed by atoms with Gasteiger partial charge in [-0.2, -0.15) is 8.99 Å². The topological polar surface area (TPSA) is 110 Å². The average Bonchev–Trinajstić information content (AvgIpc) is 3.40. The Morgan fingerprint density at radius 2 is 1.97 bits per heavy atom. The third kappa shape index (κ3) is 4.65. The second-order valence-corrected chi connectivity index (χ2v) is 10.5. The number of tetrazole rings is 1. The van der Waals surface area contributed by atoms with Crippen molar-refractivity contribution >= 4 is 33.0 Å². The van der Waals surface area contributed by atoms with E-state index in [0.717, 1.165) is 30.6 Å². The minimum Gasteiger partial charge on any atom is -0.323 e. The lowest BCUT2D eigenvalue weighted by Crippen LogP contribution is -2.35. The highest BCUT2D eigenvalue weighted by Gasteiger charge is 2.27. The lowest BCUT2D eigenvalue weighted by molar-refractivity contribution is -0.115. The normalized spacial score (nSPS) is 15.2. The van der Waals surface area contributed by atoms with Gasteiger partial charge in [0.25, 0.3) is 10.0 Å². The van der Waals surface area contributed by atoms with E-state index in [0.29, 0.717) is 29.5 Å². The number of carbonyl (C=O) groups is 1. The largest absolute Gasteiger partial charge is 0.323 e. The van der Waals surface area contributed by atoms with Crippen molar-refractivity contribution in [2.24, 2.45) is 0 Å². The number of nitrogens with zero attached hydrogens (tertiary/aromatic N) is 5. The molecule has 1 aromatic carbocycles. The zero-order chi connectivity index (χ0) is 22.0. The molecule has 0 unspecified atom stereocenters. The standard InChI is InChI=1S/C19H21FN6O3S2/c1-13-22-23-24-26(13)14-5-7-16(20)17(11-14)21-18(27)12-15-6-8-19(30-15)31(28,29)25-9-3-2-4-10-25/h5-8,11H,2-4,9-10,12H2,1H3,(H,21,27). The molecule has 1 fully saturated rings. The Hall–Kier alpha value is -2.70. The van der Waals surface area contributed by atoms with Crippen LogP contribution in [0.15, 0.2) is 34.5 Å².